The minimum atomic E-state index is -0.416. The molecule has 0 aliphatic rings. The minimum absolute atomic E-state index is 0. The van der Waals surface area contributed by atoms with Crippen LogP contribution in [0.3, 0.4) is 0 Å². The van der Waals surface area contributed by atoms with E-state index < -0.39 is 5.97 Å². The number of anilines is 1. The van der Waals surface area contributed by atoms with Crippen LogP contribution in [0.5, 0.6) is 0 Å². The van der Waals surface area contributed by atoms with Crippen LogP contribution in [0.15, 0.2) is 24.3 Å². The maximum Gasteiger partial charge on any atom is 0.338 e. The van der Waals surface area contributed by atoms with E-state index in [0.717, 1.165) is 0 Å². The fourth-order valence-corrected chi connectivity index (χ4v) is 1.62. The number of methoxy groups -OCH3 is 1. The standard InChI is InChI=1S/C14H20N2O4.ClH/c1-3-20-14(18)10-5-4-6-11(7-10)16-13(17)8-12(9-15)19-2;/h4-7,12H,3,8-9,15H2,1-2H3,(H,16,17);1H. The predicted octanol–water partition coefficient (Wildman–Crippen LogP) is 1.59. The number of nitrogens with one attached hydrogen (secondary N) is 1. The highest BCUT2D eigenvalue weighted by molar-refractivity contribution is 5.94. The average Bonchev–Trinajstić information content (AvgIpc) is 2.45. The number of esters is 1. The molecule has 0 heterocycles. The van der Waals surface area contributed by atoms with Crippen molar-refractivity contribution in [2.24, 2.45) is 5.73 Å². The van der Waals surface area contributed by atoms with Crippen LogP contribution >= 0.6 is 12.4 Å². The Kier molecular flexibility index (Phi) is 9.36. The number of carbonyl (C=O) groups excluding carboxylic acids is 2. The fourth-order valence-electron chi connectivity index (χ4n) is 1.62. The molecule has 0 bridgehead atoms. The molecule has 1 rings (SSSR count). The molecule has 0 aromatic heterocycles. The van der Waals surface area contributed by atoms with Gasteiger partial charge in [0.25, 0.3) is 0 Å². The maximum atomic E-state index is 11.8. The number of carbonyl (C=O) groups is 2. The van der Waals surface area contributed by atoms with Crippen LogP contribution in [0, 0.1) is 0 Å². The average molecular weight is 317 g/mol. The summed E-state index contributed by atoms with van der Waals surface area (Å²) in [5.41, 5.74) is 6.39. The Morgan fingerprint density at radius 3 is 2.67 bits per heavy atom. The summed E-state index contributed by atoms with van der Waals surface area (Å²) in [6.45, 7) is 2.31. The smallest absolute Gasteiger partial charge is 0.338 e. The Morgan fingerprint density at radius 1 is 1.38 bits per heavy atom. The lowest BCUT2D eigenvalue weighted by molar-refractivity contribution is -0.118. The quantitative estimate of drug-likeness (QED) is 0.745. The number of amides is 1. The van der Waals surface area contributed by atoms with Crippen molar-refractivity contribution in [3.63, 3.8) is 0 Å². The fraction of sp³-hybridized carbons (Fsp3) is 0.429. The Hall–Kier alpha value is -1.63. The summed E-state index contributed by atoms with van der Waals surface area (Å²) in [5, 5.41) is 2.70. The predicted molar refractivity (Wildman–Crippen MR) is 82.7 cm³/mol. The van der Waals surface area contributed by atoms with E-state index in [1.165, 1.54) is 7.11 Å². The second kappa shape index (κ2) is 10.1. The lowest BCUT2D eigenvalue weighted by atomic mass is 10.2. The van der Waals surface area contributed by atoms with Gasteiger partial charge in [-0.1, -0.05) is 6.07 Å². The number of rotatable bonds is 7. The lowest BCUT2D eigenvalue weighted by Crippen LogP contribution is -2.28. The monoisotopic (exact) mass is 316 g/mol. The zero-order valence-corrected chi connectivity index (χ0v) is 12.9. The van der Waals surface area contributed by atoms with Crippen LogP contribution in [-0.2, 0) is 14.3 Å². The summed E-state index contributed by atoms with van der Waals surface area (Å²) < 4.78 is 9.94. The van der Waals surface area contributed by atoms with Gasteiger partial charge in [0.2, 0.25) is 5.91 Å². The van der Waals surface area contributed by atoms with E-state index in [-0.39, 0.29) is 37.4 Å². The Balaban J connectivity index is 0.00000400. The number of halogens is 1. The van der Waals surface area contributed by atoms with Crippen molar-refractivity contribution in [1.82, 2.24) is 0 Å². The molecule has 7 heteroatoms. The van der Waals surface area contributed by atoms with Crippen LogP contribution in [0.25, 0.3) is 0 Å². The summed E-state index contributed by atoms with van der Waals surface area (Å²) >= 11 is 0. The van der Waals surface area contributed by atoms with Crippen LogP contribution in [0.1, 0.15) is 23.7 Å². The first kappa shape index (κ1) is 19.4. The summed E-state index contributed by atoms with van der Waals surface area (Å²) in [6.07, 6.45) is -0.153. The zero-order valence-electron chi connectivity index (χ0n) is 12.1. The molecule has 0 radical (unpaired) electrons. The van der Waals surface area contributed by atoms with Crippen molar-refractivity contribution in [2.45, 2.75) is 19.4 Å². The summed E-state index contributed by atoms with van der Waals surface area (Å²) in [6, 6.07) is 6.58. The maximum absolute atomic E-state index is 11.8. The van der Waals surface area contributed by atoms with Gasteiger partial charge in [0.15, 0.2) is 0 Å². The van der Waals surface area contributed by atoms with Gasteiger partial charge in [-0.25, -0.2) is 4.79 Å². The summed E-state index contributed by atoms with van der Waals surface area (Å²) in [5.74, 6) is -0.636. The third kappa shape index (κ3) is 6.57. The van der Waals surface area contributed by atoms with Gasteiger partial charge in [-0.05, 0) is 25.1 Å². The van der Waals surface area contributed by atoms with Gasteiger partial charge in [-0.3, -0.25) is 4.79 Å². The molecule has 118 valence electrons. The Labute approximate surface area is 130 Å². The molecule has 6 nitrogen and oxygen atoms in total. The van der Waals surface area contributed by atoms with E-state index in [0.29, 0.717) is 17.9 Å². The second-order valence-corrected chi connectivity index (χ2v) is 4.15. The molecule has 21 heavy (non-hydrogen) atoms. The van der Waals surface area contributed by atoms with Crippen molar-refractivity contribution in [3.05, 3.63) is 29.8 Å². The van der Waals surface area contributed by atoms with E-state index in [1.54, 1.807) is 31.2 Å². The molecule has 1 atom stereocenters. The number of nitrogens with two attached hydrogens (primary N) is 1. The molecule has 1 aromatic rings. The molecule has 0 aliphatic heterocycles. The van der Waals surface area contributed by atoms with Gasteiger partial charge >= 0.3 is 5.97 Å². The van der Waals surface area contributed by atoms with E-state index in [9.17, 15) is 9.59 Å². The third-order valence-electron chi connectivity index (χ3n) is 2.67. The van der Waals surface area contributed by atoms with Crippen LogP contribution < -0.4 is 11.1 Å². The normalized spacial score (nSPS) is 11.2. The molecule has 0 saturated heterocycles. The zero-order chi connectivity index (χ0) is 15.0. The van der Waals surface area contributed by atoms with Crippen molar-refractivity contribution in [3.8, 4) is 0 Å². The summed E-state index contributed by atoms with van der Waals surface area (Å²) in [4.78, 5) is 23.4. The summed E-state index contributed by atoms with van der Waals surface area (Å²) in [7, 11) is 1.51. The highest BCUT2D eigenvalue weighted by atomic mass is 35.5. The highest BCUT2D eigenvalue weighted by Crippen LogP contribution is 2.12. The number of hydrogen-bond acceptors (Lipinski definition) is 5. The number of ether oxygens (including phenoxy) is 2. The van der Waals surface area contributed by atoms with Gasteiger partial charge in [0, 0.05) is 19.3 Å². The van der Waals surface area contributed by atoms with Crippen molar-refractivity contribution >= 4 is 30.0 Å². The third-order valence-corrected chi connectivity index (χ3v) is 2.67. The molecule has 0 saturated carbocycles. The van der Waals surface area contributed by atoms with Crippen molar-refractivity contribution < 1.29 is 19.1 Å². The van der Waals surface area contributed by atoms with Gasteiger partial charge in [0.1, 0.15) is 0 Å². The molecule has 0 fully saturated rings. The first-order valence-corrected chi connectivity index (χ1v) is 6.40. The van der Waals surface area contributed by atoms with Crippen molar-refractivity contribution in [1.29, 1.82) is 0 Å². The molecule has 1 unspecified atom stereocenters. The van der Waals surface area contributed by atoms with Gasteiger partial charge in [-0.2, -0.15) is 0 Å². The number of benzene rings is 1. The van der Waals surface area contributed by atoms with Crippen LogP contribution in [0.4, 0.5) is 5.69 Å². The number of hydrogen-bond donors (Lipinski definition) is 2. The molecular formula is C14H21ClN2O4. The van der Waals surface area contributed by atoms with E-state index in [4.69, 9.17) is 15.2 Å². The second-order valence-electron chi connectivity index (χ2n) is 4.15. The van der Waals surface area contributed by atoms with E-state index in [2.05, 4.69) is 5.32 Å². The van der Waals surface area contributed by atoms with Crippen molar-refractivity contribution in [2.75, 3.05) is 25.6 Å². The van der Waals surface area contributed by atoms with Gasteiger partial charge in [0.05, 0.1) is 24.7 Å². The minimum Gasteiger partial charge on any atom is -0.462 e. The van der Waals surface area contributed by atoms with Gasteiger partial charge < -0.3 is 20.5 Å². The van der Waals surface area contributed by atoms with E-state index >= 15 is 0 Å². The largest absolute Gasteiger partial charge is 0.462 e. The molecule has 1 amide bonds. The molecule has 3 N–H and O–H groups in total. The Morgan fingerprint density at radius 2 is 2.10 bits per heavy atom. The van der Waals surface area contributed by atoms with Gasteiger partial charge in [-0.15, -0.1) is 12.4 Å². The first-order valence-electron chi connectivity index (χ1n) is 6.40. The van der Waals surface area contributed by atoms with E-state index in [1.807, 2.05) is 0 Å². The first-order chi connectivity index (χ1) is 9.60. The molecule has 0 spiro atoms. The molecule has 0 aliphatic carbocycles. The Bertz CT molecular complexity index is 464. The highest BCUT2D eigenvalue weighted by Gasteiger charge is 2.12. The topological polar surface area (TPSA) is 90.7 Å². The SMILES string of the molecule is CCOC(=O)c1cccc(NC(=O)CC(CN)OC)c1.Cl. The lowest BCUT2D eigenvalue weighted by Gasteiger charge is -2.13. The molecular weight excluding hydrogens is 296 g/mol. The van der Waals surface area contributed by atoms with Crippen LogP contribution in [-0.4, -0.2) is 38.2 Å². The molecule has 1 aromatic carbocycles. The van der Waals surface area contributed by atoms with Crippen LogP contribution in [0.2, 0.25) is 0 Å².